The van der Waals surface area contributed by atoms with Gasteiger partial charge >= 0.3 is 0 Å². The monoisotopic (exact) mass is 398 g/mol. The first-order chi connectivity index (χ1) is 11.0. The first kappa shape index (κ1) is 16.2. The molecule has 0 saturated carbocycles. The van der Waals surface area contributed by atoms with Crippen LogP contribution in [0, 0.1) is 13.8 Å². The van der Waals surface area contributed by atoms with Gasteiger partial charge in [0.1, 0.15) is 0 Å². The van der Waals surface area contributed by atoms with Crippen LogP contribution in [0.2, 0.25) is 5.02 Å². The lowest BCUT2D eigenvalue weighted by molar-refractivity contribution is 0.418. The van der Waals surface area contributed by atoms with E-state index in [0.717, 1.165) is 15.9 Å². The molecule has 3 rings (SSSR count). The Morgan fingerprint density at radius 3 is 2.43 bits per heavy atom. The van der Waals surface area contributed by atoms with Crippen LogP contribution in [0.1, 0.15) is 23.2 Å². The topological polar surface area (TPSA) is 74.6 Å². The second-order valence-corrected chi connectivity index (χ2v) is 6.51. The van der Waals surface area contributed by atoms with Gasteiger partial charge in [-0.15, -0.1) is 10.2 Å². The number of rotatable bonds is 6. The fourth-order valence-corrected chi connectivity index (χ4v) is 2.72. The molecule has 0 atom stereocenters. The Hall–Kier alpha value is -1.67. The number of hydrogen-bond donors (Lipinski definition) is 0. The molecule has 3 aromatic heterocycles. The van der Waals surface area contributed by atoms with Gasteiger partial charge in [0.15, 0.2) is 0 Å². The van der Waals surface area contributed by atoms with Gasteiger partial charge < -0.3 is 4.42 Å². The molecule has 3 heterocycles. The highest BCUT2D eigenvalue weighted by Crippen LogP contribution is 2.19. The molecule has 0 aliphatic carbocycles. The van der Waals surface area contributed by atoms with Gasteiger partial charge in [-0.05, 0) is 29.8 Å². The van der Waals surface area contributed by atoms with Crippen LogP contribution in [0.3, 0.4) is 0 Å². The second kappa shape index (κ2) is 6.84. The maximum Gasteiger partial charge on any atom is 0.218 e. The molecule has 7 nitrogen and oxygen atoms in total. The molecule has 3 aromatic rings. The lowest BCUT2D eigenvalue weighted by Crippen LogP contribution is -2.05. The van der Waals surface area contributed by atoms with Crippen molar-refractivity contribution < 1.29 is 4.42 Å². The molecule has 122 valence electrons. The molecule has 0 spiro atoms. The predicted octanol–water partition coefficient (Wildman–Crippen LogP) is 2.98. The maximum absolute atomic E-state index is 6.14. The Balaban J connectivity index is 1.55. The zero-order valence-electron chi connectivity index (χ0n) is 12.8. The summed E-state index contributed by atoms with van der Waals surface area (Å²) >= 11 is 9.50. The minimum atomic E-state index is 0.602. The molecular formula is C14H16BrClN6O. The fraction of sp³-hybridized carbons (Fsp3) is 0.429. The molecule has 0 N–H and O–H groups in total. The first-order valence-electron chi connectivity index (χ1n) is 7.21. The third-order valence-electron chi connectivity index (χ3n) is 3.50. The summed E-state index contributed by atoms with van der Waals surface area (Å²) in [7, 11) is 0. The quantitative estimate of drug-likeness (QED) is 0.637. The van der Waals surface area contributed by atoms with Gasteiger partial charge in [-0.3, -0.25) is 9.36 Å². The summed E-state index contributed by atoms with van der Waals surface area (Å²) in [6, 6.07) is 0. The number of nitrogens with zero attached hydrogens (tertiary/aromatic N) is 6. The third kappa shape index (κ3) is 3.81. The van der Waals surface area contributed by atoms with Gasteiger partial charge in [0.25, 0.3) is 0 Å². The first-order valence-corrected chi connectivity index (χ1v) is 8.38. The normalized spacial score (nSPS) is 11.3. The molecular weight excluding hydrogens is 384 g/mol. The van der Waals surface area contributed by atoms with Gasteiger partial charge in [-0.25, -0.2) is 0 Å². The Morgan fingerprint density at radius 2 is 1.87 bits per heavy atom. The molecule has 23 heavy (non-hydrogen) atoms. The van der Waals surface area contributed by atoms with E-state index in [9.17, 15) is 0 Å². The van der Waals surface area contributed by atoms with E-state index in [4.69, 9.17) is 16.0 Å². The lowest BCUT2D eigenvalue weighted by Gasteiger charge is -2.01. The minimum Gasteiger partial charge on any atom is -0.425 e. The highest BCUT2D eigenvalue weighted by atomic mass is 79.9. The lowest BCUT2D eigenvalue weighted by atomic mass is 10.4. The molecule has 0 fully saturated rings. The smallest absolute Gasteiger partial charge is 0.218 e. The van der Waals surface area contributed by atoms with Crippen molar-refractivity contribution in [1.29, 1.82) is 0 Å². The van der Waals surface area contributed by atoms with Crippen molar-refractivity contribution >= 4 is 27.5 Å². The van der Waals surface area contributed by atoms with E-state index in [0.29, 0.717) is 42.7 Å². The number of halogens is 2. The Labute approximate surface area is 146 Å². The Bertz CT molecular complexity index is 808. The van der Waals surface area contributed by atoms with Crippen LogP contribution in [-0.2, 0) is 25.9 Å². The molecule has 0 saturated heterocycles. The van der Waals surface area contributed by atoms with Crippen LogP contribution in [0.4, 0.5) is 0 Å². The molecule has 0 aromatic carbocycles. The van der Waals surface area contributed by atoms with Gasteiger partial charge in [0, 0.05) is 32.1 Å². The van der Waals surface area contributed by atoms with Crippen LogP contribution >= 0.6 is 27.5 Å². The molecule has 0 unspecified atom stereocenters. The SMILES string of the molecule is Cc1nn(CCc2nnc(CCn3cc(Br)cn3)o2)c(C)c1Cl. The van der Waals surface area contributed by atoms with Crippen molar-refractivity contribution in [3.8, 4) is 0 Å². The second-order valence-electron chi connectivity index (χ2n) is 5.22. The van der Waals surface area contributed by atoms with Crippen molar-refractivity contribution in [2.24, 2.45) is 0 Å². The van der Waals surface area contributed by atoms with E-state index in [1.807, 2.05) is 29.4 Å². The third-order valence-corrected chi connectivity index (χ3v) is 4.45. The fourth-order valence-electron chi connectivity index (χ4n) is 2.26. The summed E-state index contributed by atoms with van der Waals surface area (Å²) < 4.78 is 10.3. The van der Waals surface area contributed by atoms with Crippen LogP contribution in [-0.4, -0.2) is 29.8 Å². The Morgan fingerprint density at radius 1 is 1.17 bits per heavy atom. The van der Waals surface area contributed by atoms with Gasteiger partial charge in [-0.1, -0.05) is 11.6 Å². The van der Waals surface area contributed by atoms with E-state index in [1.165, 1.54) is 0 Å². The average Bonchev–Trinajstić information content (AvgIpc) is 3.21. The zero-order valence-corrected chi connectivity index (χ0v) is 15.2. The van der Waals surface area contributed by atoms with E-state index in [1.54, 1.807) is 6.20 Å². The molecule has 9 heteroatoms. The van der Waals surface area contributed by atoms with E-state index >= 15 is 0 Å². The standard InChI is InChI=1S/C14H16BrClN6O/c1-9-14(16)10(2)22(20-9)6-4-13-19-18-12(23-13)3-5-21-8-11(15)7-17-21/h7-8H,3-6H2,1-2H3. The number of hydrogen-bond acceptors (Lipinski definition) is 5. The maximum atomic E-state index is 6.14. The largest absolute Gasteiger partial charge is 0.425 e. The average molecular weight is 400 g/mol. The van der Waals surface area contributed by atoms with E-state index in [-0.39, 0.29) is 0 Å². The van der Waals surface area contributed by atoms with Gasteiger partial charge in [0.05, 0.1) is 27.1 Å². The van der Waals surface area contributed by atoms with Crippen LogP contribution in [0.25, 0.3) is 0 Å². The molecule has 0 radical (unpaired) electrons. The van der Waals surface area contributed by atoms with E-state index in [2.05, 4.69) is 36.3 Å². The van der Waals surface area contributed by atoms with Crippen LogP contribution in [0.15, 0.2) is 21.3 Å². The van der Waals surface area contributed by atoms with Crippen molar-refractivity contribution in [1.82, 2.24) is 29.8 Å². The summed E-state index contributed by atoms with van der Waals surface area (Å²) in [6.45, 7) is 5.20. The van der Waals surface area contributed by atoms with Crippen molar-refractivity contribution in [3.63, 3.8) is 0 Å². The molecule has 0 bridgehead atoms. The van der Waals surface area contributed by atoms with Crippen LogP contribution < -0.4 is 0 Å². The highest BCUT2D eigenvalue weighted by Gasteiger charge is 2.11. The van der Waals surface area contributed by atoms with Gasteiger partial charge in [-0.2, -0.15) is 10.2 Å². The number of aromatic nitrogens is 6. The summed E-state index contributed by atoms with van der Waals surface area (Å²) in [5, 5.41) is 17.4. The number of aryl methyl sites for hydroxylation is 5. The molecule has 0 amide bonds. The summed E-state index contributed by atoms with van der Waals surface area (Å²) in [5.74, 6) is 1.21. The van der Waals surface area contributed by atoms with Crippen LogP contribution in [0.5, 0.6) is 0 Å². The minimum absolute atomic E-state index is 0.602. The molecule has 0 aliphatic heterocycles. The summed E-state index contributed by atoms with van der Waals surface area (Å²) in [5.41, 5.74) is 1.79. The highest BCUT2D eigenvalue weighted by molar-refractivity contribution is 9.10. The van der Waals surface area contributed by atoms with Crippen molar-refractivity contribution in [3.05, 3.63) is 45.1 Å². The van der Waals surface area contributed by atoms with E-state index < -0.39 is 0 Å². The Kier molecular flexibility index (Phi) is 4.82. The zero-order chi connectivity index (χ0) is 16.4. The van der Waals surface area contributed by atoms with Crippen molar-refractivity contribution in [2.45, 2.75) is 39.8 Å². The van der Waals surface area contributed by atoms with Crippen molar-refractivity contribution in [2.75, 3.05) is 0 Å². The molecule has 0 aliphatic rings. The predicted molar refractivity (Wildman–Crippen MR) is 88.3 cm³/mol. The summed E-state index contributed by atoms with van der Waals surface area (Å²) in [6.07, 6.45) is 4.92. The van der Waals surface area contributed by atoms with Gasteiger partial charge in [0.2, 0.25) is 11.8 Å². The summed E-state index contributed by atoms with van der Waals surface area (Å²) in [4.78, 5) is 0.